The standard InChI is InChI=1S/C17H23ClN2O3.C11H19NO4.C6H6ClN/c1-17(2,3)23-16(22)20-10-4-5-12(11-20)15(21)19-14-8-6-13(18)7-9-14;1-11(2,3)16-10(15)12-6-4-5-8(7-12)9(13)14;7-5-1-3-6(8)4-2-5/h6-9,12H,4-5,10-11H2,1-3H3,(H,19,21);8H,4-7H2,1-3H3,(H,13,14);1-4H,8H2. The van der Waals surface area contributed by atoms with E-state index in [4.69, 9.17) is 43.5 Å². The lowest BCUT2D eigenvalue weighted by Gasteiger charge is -2.33. The van der Waals surface area contributed by atoms with Crippen LogP contribution >= 0.6 is 23.2 Å². The van der Waals surface area contributed by atoms with Crippen LogP contribution in [-0.2, 0) is 19.1 Å². The Morgan fingerprint density at radius 3 is 1.55 bits per heavy atom. The number of rotatable bonds is 3. The van der Waals surface area contributed by atoms with Crippen molar-refractivity contribution < 1.29 is 33.8 Å². The van der Waals surface area contributed by atoms with Crippen molar-refractivity contribution in [3.05, 3.63) is 58.6 Å². The van der Waals surface area contributed by atoms with Crippen molar-refractivity contribution in [3.8, 4) is 0 Å². The summed E-state index contributed by atoms with van der Waals surface area (Å²) < 4.78 is 10.6. The molecule has 2 atom stereocenters. The second-order valence-electron chi connectivity index (χ2n) is 13.4. The number of carboxylic acid groups (broad SMARTS) is 1. The third-order valence-corrected chi connectivity index (χ3v) is 7.35. The molecule has 47 heavy (non-hydrogen) atoms. The topological polar surface area (TPSA) is 152 Å². The summed E-state index contributed by atoms with van der Waals surface area (Å²) in [4.78, 5) is 50.1. The molecule has 2 fully saturated rings. The van der Waals surface area contributed by atoms with Gasteiger partial charge in [0.05, 0.1) is 11.8 Å². The number of nitrogens with one attached hydrogen (secondary N) is 1. The van der Waals surface area contributed by atoms with E-state index < -0.39 is 29.2 Å². The number of piperidine rings is 2. The molecule has 0 saturated carbocycles. The Bertz CT molecular complexity index is 1300. The highest BCUT2D eigenvalue weighted by molar-refractivity contribution is 6.30. The summed E-state index contributed by atoms with van der Waals surface area (Å²) in [6.45, 7) is 12.7. The summed E-state index contributed by atoms with van der Waals surface area (Å²) in [6, 6.07) is 14.0. The molecule has 4 N–H and O–H groups in total. The van der Waals surface area contributed by atoms with Gasteiger partial charge < -0.3 is 35.4 Å². The van der Waals surface area contributed by atoms with E-state index in [0.29, 0.717) is 36.8 Å². The quantitative estimate of drug-likeness (QED) is 0.278. The second-order valence-corrected chi connectivity index (χ2v) is 14.3. The molecule has 2 unspecified atom stereocenters. The molecule has 2 heterocycles. The second kappa shape index (κ2) is 18.0. The predicted molar refractivity (Wildman–Crippen MR) is 185 cm³/mol. The van der Waals surface area contributed by atoms with Gasteiger partial charge in [-0.1, -0.05) is 23.2 Å². The summed E-state index contributed by atoms with van der Waals surface area (Å²) >= 11 is 11.4. The minimum atomic E-state index is -0.840. The van der Waals surface area contributed by atoms with Crippen LogP contribution in [0.3, 0.4) is 0 Å². The fourth-order valence-corrected chi connectivity index (χ4v) is 4.85. The molecule has 3 amide bonds. The van der Waals surface area contributed by atoms with Crippen molar-refractivity contribution in [2.45, 2.75) is 78.4 Å². The molecule has 2 aromatic rings. The molecule has 11 nitrogen and oxygen atoms in total. The summed E-state index contributed by atoms with van der Waals surface area (Å²) in [7, 11) is 0. The fraction of sp³-hybridized carbons (Fsp3) is 0.529. The molecule has 4 rings (SSSR count). The summed E-state index contributed by atoms with van der Waals surface area (Å²) in [5.41, 5.74) is 5.75. The van der Waals surface area contributed by atoms with Gasteiger partial charge in [0.1, 0.15) is 11.2 Å². The molecule has 0 bridgehead atoms. The highest BCUT2D eigenvalue weighted by Crippen LogP contribution is 2.22. The zero-order valence-corrected chi connectivity index (χ0v) is 29.6. The first kappa shape index (κ1) is 39.5. The van der Waals surface area contributed by atoms with Crippen molar-refractivity contribution in [1.82, 2.24) is 9.80 Å². The summed E-state index contributed by atoms with van der Waals surface area (Å²) in [5, 5.41) is 13.1. The highest BCUT2D eigenvalue weighted by atomic mass is 35.5. The number of hydrogen-bond acceptors (Lipinski definition) is 7. The lowest BCUT2D eigenvalue weighted by molar-refractivity contribution is -0.143. The molecule has 0 aromatic heterocycles. The first-order valence-electron chi connectivity index (χ1n) is 15.6. The van der Waals surface area contributed by atoms with Crippen molar-refractivity contribution in [2.75, 3.05) is 37.2 Å². The van der Waals surface area contributed by atoms with Crippen molar-refractivity contribution in [3.63, 3.8) is 0 Å². The minimum Gasteiger partial charge on any atom is -0.481 e. The number of anilines is 2. The molecule has 0 spiro atoms. The van der Waals surface area contributed by atoms with E-state index in [1.807, 2.05) is 20.8 Å². The molecule has 2 aliphatic heterocycles. The zero-order valence-electron chi connectivity index (χ0n) is 28.1. The van der Waals surface area contributed by atoms with E-state index >= 15 is 0 Å². The summed E-state index contributed by atoms with van der Waals surface area (Å²) in [5.74, 6) is -1.61. The monoisotopic (exact) mass is 694 g/mol. The Kier molecular flexibility index (Phi) is 15.1. The molecule has 2 saturated heterocycles. The zero-order chi connectivity index (χ0) is 35.4. The number of ether oxygens (including phenoxy) is 2. The van der Waals surface area contributed by atoms with Crippen molar-refractivity contribution in [1.29, 1.82) is 0 Å². The molecule has 0 radical (unpaired) electrons. The van der Waals surface area contributed by atoms with Crippen LogP contribution in [0.2, 0.25) is 10.0 Å². The van der Waals surface area contributed by atoms with Gasteiger partial charge in [0.15, 0.2) is 0 Å². The normalized spacial score (nSPS) is 18.0. The Hall–Kier alpha value is -3.70. The number of halogens is 2. The van der Waals surface area contributed by atoms with Crippen LogP contribution in [0, 0.1) is 11.8 Å². The summed E-state index contributed by atoms with van der Waals surface area (Å²) in [6.07, 6.45) is 2.13. The lowest BCUT2D eigenvalue weighted by Crippen LogP contribution is -2.45. The van der Waals surface area contributed by atoms with Gasteiger partial charge in [-0.2, -0.15) is 0 Å². The van der Waals surface area contributed by atoms with Crippen LogP contribution in [0.5, 0.6) is 0 Å². The van der Waals surface area contributed by atoms with Gasteiger partial charge in [0.2, 0.25) is 5.91 Å². The number of carbonyl (C=O) groups excluding carboxylic acids is 3. The third kappa shape index (κ3) is 15.6. The third-order valence-electron chi connectivity index (χ3n) is 6.85. The van der Waals surface area contributed by atoms with Gasteiger partial charge in [0, 0.05) is 47.6 Å². The SMILES string of the molecule is CC(C)(C)OC(=O)N1CCCC(C(=O)Nc2ccc(Cl)cc2)C1.CC(C)(C)OC(=O)N1CCCC(C(=O)O)C1.Nc1ccc(Cl)cc1. The molecular weight excluding hydrogens is 647 g/mol. The number of nitrogens with zero attached hydrogens (tertiary/aromatic N) is 2. The van der Waals surface area contributed by atoms with Crippen LogP contribution in [0.15, 0.2) is 48.5 Å². The van der Waals surface area contributed by atoms with E-state index in [0.717, 1.165) is 30.0 Å². The first-order chi connectivity index (χ1) is 21.8. The lowest BCUT2D eigenvalue weighted by atomic mass is 9.97. The van der Waals surface area contributed by atoms with Gasteiger partial charge in [-0.3, -0.25) is 9.59 Å². The van der Waals surface area contributed by atoms with E-state index in [1.54, 1.807) is 74.2 Å². The molecule has 2 aromatic carbocycles. The van der Waals surface area contributed by atoms with Crippen LogP contribution in [0.4, 0.5) is 21.0 Å². The maximum Gasteiger partial charge on any atom is 0.410 e. The number of amides is 3. The van der Waals surface area contributed by atoms with Crippen LogP contribution in [0.1, 0.15) is 67.2 Å². The van der Waals surface area contributed by atoms with Gasteiger partial charge in [-0.05, 0) is 116 Å². The molecule has 13 heteroatoms. The Balaban J connectivity index is 0.000000275. The maximum absolute atomic E-state index is 12.4. The largest absolute Gasteiger partial charge is 0.481 e. The van der Waals surface area contributed by atoms with Gasteiger partial charge in [-0.25, -0.2) is 9.59 Å². The number of aliphatic carboxylic acids is 1. The van der Waals surface area contributed by atoms with E-state index in [2.05, 4.69) is 5.32 Å². The average Bonchev–Trinajstić information content (AvgIpc) is 2.99. The molecule has 2 aliphatic rings. The first-order valence-corrected chi connectivity index (χ1v) is 16.3. The maximum atomic E-state index is 12.4. The number of benzene rings is 2. The van der Waals surface area contributed by atoms with E-state index in [1.165, 1.54) is 4.90 Å². The number of nitrogen functional groups attached to an aromatic ring is 1. The Morgan fingerprint density at radius 1 is 0.745 bits per heavy atom. The van der Waals surface area contributed by atoms with Crippen LogP contribution in [0.25, 0.3) is 0 Å². The minimum absolute atomic E-state index is 0.0828. The molecule has 260 valence electrons. The molecular formula is C34H48Cl2N4O7. The Labute approximate surface area is 287 Å². The van der Waals surface area contributed by atoms with E-state index in [9.17, 15) is 19.2 Å². The number of hydrogen-bond donors (Lipinski definition) is 3. The average molecular weight is 696 g/mol. The van der Waals surface area contributed by atoms with Gasteiger partial charge >= 0.3 is 18.2 Å². The number of carbonyl (C=O) groups is 4. The van der Waals surface area contributed by atoms with Crippen LogP contribution < -0.4 is 11.1 Å². The highest BCUT2D eigenvalue weighted by Gasteiger charge is 2.32. The van der Waals surface area contributed by atoms with E-state index in [-0.39, 0.29) is 24.5 Å². The van der Waals surface area contributed by atoms with Gasteiger partial charge in [0.25, 0.3) is 0 Å². The van der Waals surface area contributed by atoms with Crippen LogP contribution in [-0.4, -0.2) is 76.4 Å². The Morgan fingerprint density at radius 2 is 1.15 bits per heavy atom. The number of likely N-dealkylation sites (tertiary alicyclic amines) is 2. The molecule has 0 aliphatic carbocycles. The van der Waals surface area contributed by atoms with Gasteiger partial charge in [-0.15, -0.1) is 0 Å². The fourth-order valence-electron chi connectivity index (χ4n) is 4.59. The smallest absolute Gasteiger partial charge is 0.410 e. The predicted octanol–water partition coefficient (Wildman–Crippen LogP) is 7.57. The van der Waals surface area contributed by atoms with Crippen molar-refractivity contribution in [2.24, 2.45) is 11.8 Å². The van der Waals surface area contributed by atoms with Crippen molar-refractivity contribution >= 4 is 58.6 Å². The number of nitrogens with two attached hydrogens (primary N) is 1. The number of carboxylic acids is 1.